The van der Waals surface area contributed by atoms with Gasteiger partial charge in [-0.3, -0.25) is 19.8 Å². The minimum absolute atomic E-state index is 0.0287. The molecule has 2 aromatic carbocycles. The molecule has 0 radical (unpaired) electrons. The number of hydrogen-bond donors (Lipinski definition) is 2. The van der Waals surface area contributed by atoms with Gasteiger partial charge >= 0.3 is 5.97 Å². The van der Waals surface area contributed by atoms with Crippen molar-refractivity contribution < 1.29 is 19.5 Å². The fraction of sp³-hybridized carbons (Fsp3) is 0.0833. The highest BCUT2D eigenvalue weighted by atomic mass is 32.1. The predicted octanol–water partition coefficient (Wildman–Crippen LogP) is 3.57. The topological polar surface area (TPSA) is 91.6 Å². The monoisotopic (exact) mass is 445 g/mol. The predicted molar refractivity (Wildman–Crippen MR) is 125 cm³/mol. The van der Waals surface area contributed by atoms with E-state index in [1.165, 1.54) is 23.1 Å². The number of amides is 2. The molecule has 0 unspecified atom stereocenters. The molecule has 2 heterocycles. The molecule has 160 valence electrons. The number of aryl methyl sites for hydroxylation is 1. The molecule has 1 aromatic heterocycles. The molecule has 3 aromatic rings. The number of hydrogen-bond acceptors (Lipinski definition) is 4. The number of nitrogens with zero attached hydrogens (tertiary/aromatic N) is 2. The van der Waals surface area contributed by atoms with Crippen molar-refractivity contribution in [2.45, 2.75) is 13.3 Å². The number of thiocarbonyl (C=S) groups is 1. The quantitative estimate of drug-likeness (QED) is 0.356. The lowest BCUT2D eigenvalue weighted by atomic mass is 10.1. The highest BCUT2D eigenvalue weighted by Gasteiger charge is 2.34. The Kier molecular flexibility index (Phi) is 5.70. The van der Waals surface area contributed by atoms with Crippen molar-refractivity contribution in [1.29, 1.82) is 0 Å². The zero-order chi connectivity index (χ0) is 22.8. The van der Waals surface area contributed by atoms with Crippen LogP contribution in [-0.2, 0) is 16.0 Å². The maximum Gasteiger partial charge on any atom is 0.335 e. The number of nitrogens with one attached hydrogen (secondary N) is 1. The van der Waals surface area contributed by atoms with E-state index in [0.29, 0.717) is 17.1 Å². The lowest BCUT2D eigenvalue weighted by Crippen LogP contribution is -2.54. The summed E-state index contributed by atoms with van der Waals surface area (Å²) < 4.78 is 1.76. The molecule has 0 atom stereocenters. The van der Waals surface area contributed by atoms with Crippen molar-refractivity contribution in [3.05, 3.63) is 89.3 Å². The van der Waals surface area contributed by atoms with Gasteiger partial charge in [-0.15, -0.1) is 0 Å². The molecule has 0 spiro atoms. The molecule has 0 bridgehead atoms. The largest absolute Gasteiger partial charge is 0.478 e. The van der Waals surface area contributed by atoms with Crippen molar-refractivity contribution in [3.8, 4) is 5.69 Å². The second kappa shape index (κ2) is 8.60. The number of carbonyl (C=O) groups is 3. The van der Waals surface area contributed by atoms with Gasteiger partial charge < -0.3 is 9.67 Å². The fourth-order valence-electron chi connectivity index (χ4n) is 3.43. The van der Waals surface area contributed by atoms with E-state index >= 15 is 0 Å². The average molecular weight is 446 g/mol. The smallest absolute Gasteiger partial charge is 0.335 e. The third-order valence-electron chi connectivity index (χ3n) is 5.17. The Labute approximate surface area is 189 Å². The van der Waals surface area contributed by atoms with Gasteiger partial charge in [0.25, 0.3) is 11.8 Å². The van der Waals surface area contributed by atoms with Crippen LogP contribution in [-0.4, -0.2) is 32.6 Å². The third kappa shape index (κ3) is 3.95. The van der Waals surface area contributed by atoms with Crippen LogP contribution in [0.4, 0.5) is 5.69 Å². The molecule has 8 heteroatoms. The van der Waals surface area contributed by atoms with E-state index in [-0.39, 0.29) is 16.2 Å². The summed E-state index contributed by atoms with van der Waals surface area (Å²) in [6.45, 7) is 2.04. The SMILES string of the molecule is CCc1ccc(N2C(=O)C(=Cc3cccn3-c3ccc(C(=O)O)cc3)C(=O)NC2=S)cc1. The van der Waals surface area contributed by atoms with Crippen LogP contribution in [0.1, 0.15) is 28.5 Å². The van der Waals surface area contributed by atoms with E-state index < -0.39 is 17.8 Å². The van der Waals surface area contributed by atoms with Crippen molar-refractivity contribution in [1.82, 2.24) is 9.88 Å². The lowest BCUT2D eigenvalue weighted by Gasteiger charge is -2.29. The maximum absolute atomic E-state index is 13.2. The standard InChI is InChI=1S/C24H19N3O4S/c1-2-15-5-9-18(10-6-15)27-22(29)20(21(28)25-24(27)32)14-19-4-3-13-26(19)17-11-7-16(8-12-17)23(30)31/h3-14H,2H2,1H3,(H,30,31)(H,25,28,32). The molecule has 1 saturated heterocycles. The van der Waals surface area contributed by atoms with Crippen molar-refractivity contribution in [2.24, 2.45) is 0 Å². The number of benzene rings is 2. The first-order valence-corrected chi connectivity index (χ1v) is 10.3. The fourth-order valence-corrected chi connectivity index (χ4v) is 3.71. The Morgan fingerprint density at radius 3 is 2.31 bits per heavy atom. The van der Waals surface area contributed by atoms with Gasteiger partial charge in [-0.1, -0.05) is 19.1 Å². The summed E-state index contributed by atoms with van der Waals surface area (Å²) >= 11 is 5.25. The zero-order valence-corrected chi connectivity index (χ0v) is 17.9. The molecule has 0 aliphatic carbocycles. The normalized spacial score (nSPS) is 15.2. The molecule has 7 nitrogen and oxygen atoms in total. The van der Waals surface area contributed by atoms with E-state index in [2.05, 4.69) is 5.32 Å². The summed E-state index contributed by atoms with van der Waals surface area (Å²) in [7, 11) is 0. The van der Waals surface area contributed by atoms with E-state index in [1.807, 2.05) is 19.1 Å². The first-order valence-electron chi connectivity index (χ1n) is 9.90. The number of carboxylic acid groups (broad SMARTS) is 1. The van der Waals surface area contributed by atoms with Gasteiger partial charge in [0.05, 0.1) is 11.3 Å². The molecular weight excluding hydrogens is 426 g/mol. The molecule has 32 heavy (non-hydrogen) atoms. The molecule has 1 aliphatic heterocycles. The Hall–Kier alpha value is -4.04. The third-order valence-corrected chi connectivity index (χ3v) is 5.45. The number of carboxylic acids is 1. The summed E-state index contributed by atoms with van der Waals surface area (Å²) in [5.74, 6) is -2.11. The molecule has 4 rings (SSSR count). The molecular formula is C24H19N3O4S. The average Bonchev–Trinajstić information content (AvgIpc) is 3.25. The van der Waals surface area contributed by atoms with Crippen LogP contribution < -0.4 is 10.2 Å². The minimum Gasteiger partial charge on any atom is -0.478 e. The number of aromatic nitrogens is 1. The first kappa shape index (κ1) is 21.2. The van der Waals surface area contributed by atoms with Crippen LogP contribution in [0.15, 0.2) is 72.4 Å². The highest BCUT2D eigenvalue weighted by Crippen LogP contribution is 2.24. The van der Waals surface area contributed by atoms with E-state index in [1.54, 1.807) is 47.2 Å². The number of anilines is 1. The van der Waals surface area contributed by atoms with Crippen LogP contribution in [0, 0.1) is 0 Å². The first-order chi connectivity index (χ1) is 15.4. The van der Waals surface area contributed by atoms with Gasteiger partial charge in [0, 0.05) is 17.6 Å². The van der Waals surface area contributed by atoms with Crippen LogP contribution in [0.25, 0.3) is 11.8 Å². The summed E-state index contributed by atoms with van der Waals surface area (Å²) in [4.78, 5) is 38.2. The summed E-state index contributed by atoms with van der Waals surface area (Å²) in [5, 5.41) is 11.7. The van der Waals surface area contributed by atoms with Crippen molar-refractivity contribution in [2.75, 3.05) is 4.90 Å². The highest BCUT2D eigenvalue weighted by molar-refractivity contribution is 7.80. The van der Waals surface area contributed by atoms with Crippen LogP contribution in [0.3, 0.4) is 0 Å². The van der Waals surface area contributed by atoms with Gasteiger partial charge in [0.1, 0.15) is 5.57 Å². The second-order valence-corrected chi connectivity index (χ2v) is 7.52. The van der Waals surface area contributed by atoms with E-state index in [0.717, 1.165) is 12.0 Å². The van der Waals surface area contributed by atoms with Gasteiger partial charge in [-0.2, -0.15) is 0 Å². The van der Waals surface area contributed by atoms with Gasteiger partial charge in [-0.25, -0.2) is 4.79 Å². The van der Waals surface area contributed by atoms with Crippen molar-refractivity contribution >= 4 is 46.9 Å². The Morgan fingerprint density at radius 2 is 1.69 bits per heavy atom. The zero-order valence-electron chi connectivity index (χ0n) is 17.1. The van der Waals surface area contributed by atoms with Gasteiger partial charge in [0.2, 0.25) is 0 Å². The number of rotatable bonds is 5. The van der Waals surface area contributed by atoms with Crippen LogP contribution in [0.2, 0.25) is 0 Å². The van der Waals surface area contributed by atoms with Crippen LogP contribution >= 0.6 is 12.2 Å². The Morgan fingerprint density at radius 1 is 1.03 bits per heavy atom. The summed E-state index contributed by atoms with van der Waals surface area (Å²) in [6, 6.07) is 17.3. The summed E-state index contributed by atoms with van der Waals surface area (Å²) in [6.07, 6.45) is 4.13. The van der Waals surface area contributed by atoms with Gasteiger partial charge in [-0.05, 0) is 78.8 Å². The molecule has 2 N–H and O–H groups in total. The Balaban J connectivity index is 1.70. The van der Waals surface area contributed by atoms with Gasteiger partial charge in [0.15, 0.2) is 5.11 Å². The molecule has 2 amide bonds. The van der Waals surface area contributed by atoms with E-state index in [4.69, 9.17) is 17.3 Å². The minimum atomic E-state index is -1.01. The molecule has 1 aliphatic rings. The maximum atomic E-state index is 13.2. The van der Waals surface area contributed by atoms with Crippen LogP contribution in [0.5, 0.6) is 0 Å². The molecule has 1 fully saturated rings. The summed E-state index contributed by atoms with van der Waals surface area (Å²) in [5.41, 5.74) is 3.08. The molecule has 0 saturated carbocycles. The Bertz CT molecular complexity index is 1260. The van der Waals surface area contributed by atoms with Crippen molar-refractivity contribution in [3.63, 3.8) is 0 Å². The second-order valence-electron chi connectivity index (χ2n) is 7.13. The lowest BCUT2D eigenvalue weighted by molar-refractivity contribution is -0.122. The van der Waals surface area contributed by atoms with E-state index in [9.17, 15) is 14.4 Å². The number of carbonyl (C=O) groups excluding carboxylic acids is 2. The number of aromatic carboxylic acids is 1.